The molecule has 4 heteroatoms. The number of phenols is 1. The van der Waals surface area contributed by atoms with Crippen molar-refractivity contribution in [1.82, 2.24) is 10.6 Å². The second kappa shape index (κ2) is 5.19. The van der Waals surface area contributed by atoms with Crippen molar-refractivity contribution in [3.63, 3.8) is 0 Å². The van der Waals surface area contributed by atoms with Gasteiger partial charge >= 0.3 is 0 Å². The van der Waals surface area contributed by atoms with Crippen molar-refractivity contribution in [3.8, 4) is 5.75 Å². The second-order valence-electron chi connectivity index (χ2n) is 4.50. The summed E-state index contributed by atoms with van der Waals surface area (Å²) in [5.74, 6) is 0.170. The summed E-state index contributed by atoms with van der Waals surface area (Å²) in [4.78, 5) is 12.0. The first-order valence-electron chi connectivity index (χ1n) is 5.98. The highest BCUT2D eigenvalue weighted by atomic mass is 16.3. The zero-order valence-electron chi connectivity index (χ0n) is 9.99. The molecular weight excluding hydrogens is 216 g/mol. The predicted molar refractivity (Wildman–Crippen MR) is 66.2 cm³/mol. The van der Waals surface area contributed by atoms with Gasteiger partial charge < -0.3 is 15.7 Å². The van der Waals surface area contributed by atoms with E-state index in [9.17, 15) is 9.90 Å². The summed E-state index contributed by atoms with van der Waals surface area (Å²) in [6.45, 7) is 3.70. The minimum Gasteiger partial charge on any atom is -0.508 e. The summed E-state index contributed by atoms with van der Waals surface area (Å²) in [5, 5.41) is 15.7. The van der Waals surface area contributed by atoms with E-state index in [0.29, 0.717) is 5.56 Å². The summed E-state index contributed by atoms with van der Waals surface area (Å²) in [7, 11) is 0. The molecule has 0 spiro atoms. The molecular formula is C13H18N2O2. The zero-order valence-corrected chi connectivity index (χ0v) is 9.99. The van der Waals surface area contributed by atoms with Crippen LogP contribution in [0.1, 0.15) is 28.8 Å². The number of aryl methyl sites for hydroxylation is 1. The Balaban J connectivity index is 2.01. The van der Waals surface area contributed by atoms with Crippen molar-refractivity contribution in [3.05, 3.63) is 29.3 Å². The fourth-order valence-electron chi connectivity index (χ4n) is 2.03. The number of piperidine rings is 1. The molecule has 0 aromatic heterocycles. The van der Waals surface area contributed by atoms with Crippen LogP contribution in [-0.4, -0.2) is 30.1 Å². The Morgan fingerprint density at radius 1 is 1.41 bits per heavy atom. The van der Waals surface area contributed by atoms with Gasteiger partial charge in [0.05, 0.1) is 0 Å². The molecule has 0 atom stereocenters. The summed E-state index contributed by atoms with van der Waals surface area (Å²) in [5.41, 5.74) is 1.33. The maximum Gasteiger partial charge on any atom is 0.251 e. The van der Waals surface area contributed by atoms with E-state index in [4.69, 9.17) is 0 Å². The van der Waals surface area contributed by atoms with Gasteiger partial charge in [0.25, 0.3) is 5.91 Å². The molecule has 0 radical (unpaired) electrons. The third-order valence-electron chi connectivity index (χ3n) is 3.13. The van der Waals surface area contributed by atoms with Crippen LogP contribution in [0.5, 0.6) is 5.75 Å². The standard InChI is InChI=1S/C13H18N2O2/c1-9-8-10(2-3-12(9)16)13(17)15-11-4-6-14-7-5-11/h2-3,8,11,14,16H,4-7H2,1H3,(H,15,17). The lowest BCUT2D eigenvalue weighted by Crippen LogP contribution is -2.42. The SMILES string of the molecule is Cc1cc(C(=O)NC2CCNCC2)ccc1O. The van der Waals surface area contributed by atoms with Crippen LogP contribution in [0.15, 0.2) is 18.2 Å². The van der Waals surface area contributed by atoms with Gasteiger partial charge in [-0.25, -0.2) is 0 Å². The molecule has 1 heterocycles. The van der Waals surface area contributed by atoms with Gasteiger partial charge in [0, 0.05) is 11.6 Å². The fourth-order valence-corrected chi connectivity index (χ4v) is 2.03. The number of hydrogen-bond donors (Lipinski definition) is 3. The maximum absolute atomic E-state index is 12.0. The van der Waals surface area contributed by atoms with Gasteiger partial charge in [-0.2, -0.15) is 0 Å². The first kappa shape index (κ1) is 11.9. The number of rotatable bonds is 2. The number of benzene rings is 1. The van der Waals surface area contributed by atoms with Crippen LogP contribution in [0.3, 0.4) is 0 Å². The Bertz CT molecular complexity index is 412. The average molecular weight is 234 g/mol. The van der Waals surface area contributed by atoms with Crippen LogP contribution in [0, 0.1) is 6.92 Å². The number of nitrogens with one attached hydrogen (secondary N) is 2. The van der Waals surface area contributed by atoms with E-state index in [0.717, 1.165) is 31.5 Å². The molecule has 1 aliphatic heterocycles. The van der Waals surface area contributed by atoms with Crippen molar-refractivity contribution >= 4 is 5.91 Å². The van der Waals surface area contributed by atoms with Crippen LogP contribution in [0.4, 0.5) is 0 Å². The lowest BCUT2D eigenvalue weighted by Gasteiger charge is -2.23. The van der Waals surface area contributed by atoms with Crippen LogP contribution in [0.2, 0.25) is 0 Å². The number of carbonyl (C=O) groups is 1. The Hall–Kier alpha value is -1.55. The van der Waals surface area contributed by atoms with Gasteiger partial charge in [0.15, 0.2) is 0 Å². The van der Waals surface area contributed by atoms with E-state index < -0.39 is 0 Å². The summed E-state index contributed by atoms with van der Waals surface area (Å²) in [6.07, 6.45) is 1.95. The van der Waals surface area contributed by atoms with E-state index in [2.05, 4.69) is 10.6 Å². The van der Waals surface area contributed by atoms with E-state index in [1.165, 1.54) is 0 Å². The molecule has 92 valence electrons. The van der Waals surface area contributed by atoms with Crippen LogP contribution in [0.25, 0.3) is 0 Å². The fraction of sp³-hybridized carbons (Fsp3) is 0.462. The molecule has 1 fully saturated rings. The van der Waals surface area contributed by atoms with Gasteiger partial charge in [-0.1, -0.05) is 0 Å². The molecule has 2 rings (SSSR count). The van der Waals surface area contributed by atoms with Gasteiger partial charge in [0.2, 0.25) is 0 Å². The lowest BCUT2D eigenvalue weighted by atomic mass is 10.1. The lowest BCUT2D eigenvalue weighted by molar-refractivity contribution is 0.0929. The number of phenolic OH excluding ortho intramolecular Hbond substituents is 1. The monoisotopic (exact) mass is 234 g/mol. The van der Waals surface area contributed by atoms with E-state index in [1.807, 2.05) is 0 Å². The third-order valence-corrected chi connectivity index (χ3v) is 3.13. The molecule has 1 amide bonds. The first-order chi connectivity index (χ1) is 8.16. The quantitative estimate of drug-likeness (QED) is 0.720. The smallest absolute Gasteiger partial charge is 0.251 e. The molecule has 1 saturated heterocycles. The molecule has 3 N–H and O–H groups in total. The minimum absolute atomic E-state index is 0.0556. The van der Waals surface area contributed by atoms with Gasteiger partial charge in [0.1, 0.15) is 5.75 Å². The van der Waals surface area contributed by atoms with Gasteiger partial charge in [-0.15, -0.1) is 0 Å². The molecule has 0 bridgehead atoms. The highest BCUT2D eigenvalue weighted by molar-refractivity contribution is 5.94. The van der Waals surface area contributed by atoms with Gasteiger partial charge in [-0.05, 0) is 56.6 Å². The number of amides is 1. The van der Waals surface area contributed by atoms with Crippen molar-refractivity contribution in [2.75, 3.05) is 13.1 Å². The normalized spacial score (nSPS) is 16.8. The van der Waals surface area contributed by atoms with Crippen molar-refractivity contribution in [2.45, 2.75) is 25.8 Å². The second-order valence-corrected chi connectivity index (χ2v) is 4.50. The molecule has 17 heavy (non-hydrogen) atoms. The molecule has 4 nitrogen and oxygen atoms in total. The van der Waals surface area contributed by atoms with Crippen molar-refractivity contribution < 1.29 is 9.90 Å². The van der Waals surface area contributed by atoms with Crippen LogP contribution >= 0.6 is 0 Å². The Kier molecular flexibility index (Phi) is 3.64. The molecule has 1 aromatic carbocycles. The van der Waals surface area contributed by atoms with Crippen LogP contribution < -0.4 is 10.6 Å². The van der Waals surface area contributed by atoms with Gasteiger partial charge in [-0.3, -0.25) is 4.79 Å². The molecule has 0 aliphatic carbocycles. The Labute approximate surface area is 101 Å². The van der Waals surface area contributed by atoms with Crippen LogP contribution in [-0.2, 0) is 0 Å². The summed E-state index contributed by atoms with van der Waals surface area (Å²) in [6, 6.07) is 5.19. The molecule has 0 unspecified atom stereocenters. The third kappa shape index (κ3) is 2.97. The Morgan fingerprint density at radius 2 is 2.12 bits per heavy atom. The molecule has 0 saturated carbocycles. The topological polar surface area (TPSA) is 61.4 Å². The number of carbonyl (C=O) groups excluding carboxylic acids is 1. The largest absolute Gasteiger partial charge is 0.508 e. The first-order valence-corrected chi connectivity index (χ1v) is 5.98. The molecule has 1 aliphatic rings. The van der Waals surface area contributed by atoms with E-state index in [-0.39, 0.29) is 17.7 Å². The highest BCUT2D eigenvalue weighted by Gasteiger charge is 2.16. The van der Waals surface area contributed by atoms with Crippen molar-refractivity contribution in [1.29, 1.82) is 0 Å². The highest BCUT2D eigenvalue weighted by Crippen LogP contribution is 2.17. The van der Waals surface area contributed by atoms with Crippen molar-refractivity contribution in [2.24, 2.45) is 0 Å². The number of aromatic hydroxyl groups is 1. The average Bonchev–Trinajstić information content (AvgIpc) is 2.34. The van der Waals surface area contributed by atoms with E-state index in [1.54, 1.807) is 25.1 Å². The number of hydrogen-bond acceptors (Lipinski definition) is 3. The Morgan fingerprint density at radius 3 is 2.76 bits per heavy atom. The minimum atomic E-state index is -0.0556. The molecule has 1 aromatic rings. The predicted octanol–water partition coefficient (Wildman–Crippen LogP) is 1.18. The zero-order chi connectivity index (χ0) is 12.3. The maximum atomic E-state index is 12.0. The summed E-state index contributed by atoms with van der Waals surface area (Å²) < 4.78 is 0. The van der Waals surface area contributed by atoms with E-state index >= 15 is 0 Å². The summed E-state index contributed by atoms with van der Waals surface area (Å²) >= 11 is 0.